The maximum absolute atomic E-state index is 13.1. The molecule has 0 unspecified atom stereocenters. The average molecular weight is 409 g/mol. The van der Waals surface area contributed by atoms with Gasteiger partial charge in [0.25, 0.3) is 11.5 Å². The number of amides is 1. The van der Waals surface area contributed by atoms with E-state index in [1.54, 1.807) is 31.5 Å². The van der Waals surface area contributed by atoms with Crippen LogP contribution >= 0.6 is 24.0 Å². The highest BCUT2D eigenvalue weighted by molar-refractivity contribution is 8.26. The van der Waals surface area contributed by atoms with Crippen molar-refractivity contribution < 1.29 is 4.79 Å². The summed E-state index contributed by atoms with van der Waals surface area (Å²) in [6.45, 7) is 0.506. The number of hydrogen-bond acceptors (Lipinski definition) is 6. The summed E-state index contributed by atoms with van der Waals surface area (Å²) >= 11 is 6.36. The topological polar surface area (TPSA) is 66.7 Å². The van der Waals surface area contributed by atoms with Crippen molar-refractivity contribution in [3.05, 3.63) is 81.1 Å². The molecule has 3 heterocycles. The lowest BCUT2D eigenvalue weighted by Gasteiger charge is -2.11. The Morgan fingerprint density at radius 1 is 1.14 bits per heavy atom. The monoisotopic (exact) mass is 408 g/mol. The number of anilines is 1. The highest BCUT2D eigenvalue weighted by Crippen LogP contribution is 2.31. The number of benzene rings is 1. The molecular weight excluding hydrogens is 392 g/mol. The highest BCUT2D eigenvalue weighted by Gasteiger charge is 2.29. The third-order valence-electron chi connectivity index (χ3n) is 4.33. The Hall–Kier alpha value is -2.97. The number of carbonyl (C=O) groups is 1. The lowest BCUT2D eigenvalue weighted by molar-refractivity contribution is -0.121. The normalized spacial score (nSPS) is 15.6. The summed E-state index contributed by atoms with van der Waals surface area (Å²) in [4.78, 5) is 31.9. The Kier molecular flexibility index (Phi) is 4.97. The maximum Gasteiger partial charge on any atom is 0.267 e. The van der Waals surface area contributed by atoms with E-state index >= 15 is 0 Å². The van der Waals surface area contributed by atoms with Gasteiger partial charge >= 0.3 is 0 Å². The first kappa shape index (κ1) is 18.4. The summed E-state index contributed by atoms with van der Waals surface area (Å²) in [6.07, 6.45) is 3.24. The Morgan fingerprint density at radius 2 is 1.89 bits per heavy atom. The summed E-state index contributed by atoms with van der Waals surface area (Å²) in [5.41, 5.74) is 1.67. The summed E-state index contributed by atoms with van der Waals surface area (Å²) in [5.74, 6) is 0.211. The third-order valence-corrected chi connectivity index (χ3v) is 5.82. The van der Waals surface area contributed by atoms with Gasteiger partial charge in [0.15, 0.2) is 0 Å². The summed E-state index contributed by atoms with van der Waals surface area (Å²) in [7, 11) is 1.62. The van der Waals surface area contributed by atoms with Crippen molar-refractivity contribution in [3.63, 3.8) is 0 Å². The number of rotatable bonds is 4. The van der Waals surface area contributed by atoms with Crippen LogP contribution in [0.15, 0.2) is 64.4 Å². The molecule has 4 rings (SSSR count). The first-order valence-electron chi connectivity index (χ1n) is 8.55. The fourth-order valence-corrected chi connectivity index (χ4v) is 3.99. The number of nitrogens with zero attached hydrogens (tertiary/aromatic N) is 3. The number of aromatic nitrogens is 2. The van der Waals surface area contributed by atoms with Gasteiger partial charge in [0.1, 0.15) is 15.8 Å². The fourth-order valence-electron chi connectivity index (χ4n) is 2.83. The Labute approximate surface area is 170 Å². The second kappa shape index (κ2) is 7.57. The summed E-state index contributed by atoms with van der Waals surface area (Å²) < 4.78 is 1.93. The molecule has 28 heavy (non-hydrogen) atoms. The highest BCUT2D eigenvalue weighted by atomic mass is 32.2. The van der Waals surface area contributed by atoms with Crippen LogP contribution in [0.25, 0.3) is 11.7 Å². The average Bonchev–Trinajstić information content (AvgIpc) is 2.96. The van der Waals surface area contributed by atoms with Crippen molar-refractivity contribution in [2.75, 3.05) is 12.4 Å². The van der Waals surface area contributed by atoms with Gasteiger partial charge in [-0.15, -0.1) is 0 Å². The van der Waals surface area contributed by atoms with Crippen LogP contribution in [0.3, 0.4) is 0 Å². The van der Waals surface area contributed by atoms with Crippen LogP contribution in [0.5, 0.6) is 0 Å². The first-order chi connectivity index (χ1) is 13.5. The van der Waals surface area contributed by atoms with E-state index < -0.39 is 0 Å². The van der Waals surface area contributed by atoms with E-state index in [1.807, 2.05) is 36.4 Å². The number of thioether (sulfide) groups is 1. The summed E-state index contributed by atoms with van der Waals surface area (Å²) in [6, 6.07) is 15.2. The zero-order chi connectivity index (χ0) is 19.7. The second-order valence-corrected chi connectivity index (χ2v) is 7.86. The van der Waals surface area contributed by atoms with Gasteiger partial charge in [-0.1, -0.05) is 60.4 Å². The molecule has 0 saturated carbocycles. The van der Waals surface area contributed by atoms with Crippen LogP contribution in [0.1, 0.15) is 11.1 Å². The molecule has 0 spiro atoms. The van der Waals surface area contributed by atoms with Gasteiger partial charge in [0, 0.05) is 19.8 Å². The van der Waals surface area contributed by atoms with E-state index in [4.69, 9.17) is 12.2 Å². The quantitative estimate of drug-likeness (QED) is 0.529. The molecule has 6 nitrogen and oxygen atoms in total. The maximum atomic E-state index is 13.1. The van der Waals surface area contributed by atoms with Crippen molar-refractivity contribution in [1.29, 1.82) is 0 Å². The lowest BCUT2D eigenvalue weighted by atomic mass is 10.2. The minimum absolute atomic E-state index is 0.221. The van der Waals surface area contributed by atoms with Gasteiger partial charge in [-0.3, -0.25) is 18.9 Å². The number of fused-ring (bicyclic) bond motifs is 1. The molecule has 0 radical (unpaired) electrons. The van der Waals surface area contributed by atoms with E-state index in [-0.39, 0.29) is 11.5 Å². The Balaban J connectivity index is 1.81. The van der Waals surface area contributed by atoms with E-state index in [0.29, 0.717) is 32.8 Å². The minimum atomic E-state index is -0.248. The van der Waals surface area contributed by atoms with E-state index in [2.05, 4.69) is 10.3 Å². The molecule has 1 fully saturated rings. The number of nitrogens with one attached hydrogen (secondary N) is 1. The van der Waals surface area contributed by atoms with E-state index in [9.17, 15) is 9.59 Å². The van der Waals surface area contributed by atoms with Crippen LogP contribution in [-0.2, 0) is 11.3 Å². The smallest absolute Gasteiger partial charge is 0.267 e. The van der Waals surface area contributed by atoms with Gasteiger partial charge in [-0.25, -0.2) is 4.98 Å². The largest absolute Gasteiger partial charge is 0.365 e. The Morgan fingerprint density at radius 3 is 2.61 bits per heavy atom. The molecule has 1 saturated heterocycles. The minimum Gasteiger partial charge on any atom is -0.365 e. The molecule has 0 bridgehead atoms. The zero-order valence-corrected chi connectivity index (χ0v) is 16.6. The Bertz CT molecular complexity index is 1170. The van der Waals surface area contributed by atoms with Gasteiger partial charge in [0.05, 0.1) is 10.5 Å². The van der Waals surface area contributed by atoms with Gasteiger partial charge < -0.3 is 5.32 Å². The summed E-state index contributed by atoms with van der Waals surface area (Å²) in [5, 5.41) is 3.24. The lowest BCUT2D eigenvalue weighted by Crippen LogP contribution is -2.23. The van der Waals surface area contributed by atoms with Crippen molar-refractivity contribution in [2.24, 2.45) is 0 Å². The van der Waals surface area contributed by atoms with Crippen LogP contribution in [-0.4, -0.2) is 31.6 Å². The number of carbonyl (C=O) groups excluding carboxylic acids is 1. The molecular formula is C20H16N4O2S2. The molecule has 1 aliphatic rings. The second-order valence-electron chi connectivity index (χ2n) is 6.19. The molecule has 1 aliphatic heterocycles. The first-order valence-corrected chi connectivity index (χ1v) is 9.78. The molecule has 0 aliphatic carbocycles. The van der Waals surface area contributed by atoms with Crippen molar-refractivity contribution in [1.82, 2.24) is 14.3 Å². The number of pyridine rings is 1. The van der Waals surface area contributed by atoms with Gasteiger partial charge in [-0.05, 0) is 23.8 Å². The van der Waals surface area contributed by atoms with Crippen LogP contribution in [0, 0.1) is 0 Å². The zero-order valence-electron chi connectivity index (χ0n) is 15.0. The van der Waals surface area contributed by atoms with Crippen molar-refractivity contribution in [2.45, 2.75) is 6.54 Å². The van der Waals surface area contributed by atoms with Crippen LogP contribution < -0.4 is 10.9 Å². The molecule has 2 aromatic heterocycles. The standard InChI is InChI=1S/C20H16N4O2S2/c1-23-19(26)15(28-20(23)27)11-14-17(21-12-13-7-3-2-4-8-13)22-16-9-5-6-10-24(16)18(14)25/h2-11,21H,12H2,1H3/b15-11-. The SMILES string of the molecule is CN1C(=O)/C(=C/c2c(NCc3ccccc3)nc3ccccn3c2=O)SC1=S. The van der Waals surface area contributed by atoms with Gasteiger partial charge in [0.2, 0.25) is 0 Å². The molecule has 3 aromatic rings. The predicted molar refractivity (Wildman–Crippen MR) is 116 cm³/mol. The van der Waals surface area contributed by atoms with Crippen LogP contribution in [0.2, 0.25) is 0 Å². The molecule has 1 N–H and O–H groups in total. The fraction of sp³-hybridized carbons (Fsp3) is 0.100. The van der Waals surface area contributed by atoms with E-state index in [1.165, 1.54) is 21.1 Å². The molecule has 8 heteroatoms. The molecule has 140 valence electrons. The van der Waals surface area contributed by atoms with Gasteiger partial charge in [-0.2, -0.15) is 0 Å². The van der Waals surface area contributed by atoms with Crippen LogP contribution in [0.4, 0.5) is 5.82 Å². The molecule has 0 atom stereocenters. The van der Waals surface area contributed by atoms with Crippen molar-refractivity contribution in [3.8, 4) is 0 Å². The van der Waals surface area contributed by atoms with Crippen molar-refractivity contribution >= 4 is 51.7 Å². The van der Waals surface area contributed by atoms with E-state index in [0.717, 1.165) is 5.56 Å². The number of hydrogen-bond donors (Lipinski definition) is 1. The third kappa shape index (κ3) is 3.44. The number of likely N-dealkylation sites (N-methyl/N-ethyl adjacent to an activating group) is 1. The molecule has 1 amide bonds. The predicted octanol–water partition coefficient (Wildman–Crippen LogP) is 3.14. The molecule has 1 aromatic carbocycles. The number of thiocarbonyl (C=S) groups is 1.